The van der Waals surface area contributed by atoms with Gasteiger partial charge in [0.05, 0.1) is 6.61 Å². The maximum atomic E-state index is 12.1. The maximum Gasteiger partial charge on any atom is 0.305 e. The van der Waals surface area contributed by atoms with Crippen molar-refractivity contribution < 1.29 is 9.53 Å². The number of carbonyl (C=O) groups is 1. The van der Waals surface area contributed by atoms with E-state index in [-0.39, 0.29) is 5.97 Å². The number of unbranched alkanes of at least 4 members (excludes halogenated alkanes) is 51. The summed E-state index contributed by atoms with van der Waals surface area (Å²) < 4.78 is 5.51. The summed E-state index contributed by atoms with van der Waals surface area (Å²) in [6.07, 6.45) is 81.3. The molecule has 0 spiro atoms. The number of rotatable bonds is 57. The molecule has 0 aromatic heterocycles. The van der Waals surface area contributed by atoms with Crippen LogP contribution in [0.2, 0.25) is 0 Å². The minimum atomic E-state index is 0.0319. The fourth-order valence-electron chi connectivity index (χ4n) is 9.67. The van der Waals surface area contributed by atoms with Crippen LogP contribution >= 0.6 is 0 Å². The molecule has 0 heterocycles. The Hall–Kier alpha value is -0.790. The summed E-state index contributed by atoms with van der Waals surface area (Å²) in [4.78, 5) is 12.1. The zero-order chi connectivity index (χ0) is 45.3. The molecule has 0 amide bonds. The third-order valence-corrected chi connectivity index (χ3v) is 14.2. The van der Waals surface area contributed by atoms with E-state index in [4.69, 9.17) is 4.74 Å². The van der Waals surface area contributed by atoms with Crippen LogP contribution in [-0.4, -0.2) is 12.6 Å². The Morgan fingerprint density at radius 1 is 0.254 bits per heavy atom. The highest BCUT2D eigenvalue weighted by molar-refractivity contribution is 5.69. The van der Waals surface area contributed by atoms with Crippen LogP contribution in [0.3, 0.4) is 0 Å². The first-order valence-electron chi connectivity index (χ1n) is 30.1. The fraction of sp³-hybridized carbons (Fsp3) is 0.951. The summed E-state index contributed by atoms with van der Waals surface area (Å²) in [5.74, 6) is 0.0319. The SMILES string of the molecule is CCCCCCCC/C=C\CCCCCCCCCCCCOC(=O)CCCCCCCCCCCCCCCCCCCCCCCCCCCCCCCCCCCCCC. The number of carbonyl (C=O) groups excluding carboxylic acids is 1. The van der Waals surface area contributed by atoms with E-state index in [0.29, 0.717) is 13.0 Å². The topological polar surface area (TPSA) is 26.3 Å². The molecule has 376 valence electrons. The van der Waals surface area contributed by atoms with Crippen LogP contribution in [-0.2, 0) is 9.53 Å². The van der Waals surface area contributed by atoms with E-state index in [0.717, 1.165) is 12.8 Å². The quantitative estimate of drug-likeness (QED) is 0.0346. The molecule has 0 unspecified atom stereocenters. The smallest absolute Gasteiger partial charge is 0.305 e. The Morgan fingerprint density at radius 3 is 0.683 bits per heavy atom. The second-order valence-corrected chi connectivity index (χ2v) is 20.7. The van der Waals surface area contributed by atoms with Gasteiger partial charge in [-0.05, 0) is 38.5 Å². The van der Waals surface area contributed by atoms with Crippen molar-refractivity contribution in [2.75, 3.05) is 6.61 Å². The fourth-order valence-corrected chi connectivity index (χ4v) is 9.67. The summed E-state index contributed by atoms with van der Waals surface area (Å²) in [5.41, 5.74) is 0. The van der Waals surface area contributed by atoms with E-state index >= 15 is 0 Å². The van der Waals surface area contributed by atoms with Gasteiger partial charge in [0.1, 0.15) is 0 Å². The molecule has 2 heteroatoms. The minimum Gasteiger partial charge on any atom is -0.466 e. The second kappa shape index (κ2) is 59.2. The van der Waals surface area contributed by atoms with Gasteiger partial charge in [-0.3, -0.25) is 4.79 Å². The summed E-state index contributed by atoms with van der Waals surface area (Å²) >= 11 is 0. The first-order valence-corrected chi connectivity index (χ1v) is 30.1. The van der Waals surface area contributed by atoms with Crippen molar-refractivity contribution in [1.82, 2.24) is 0 Å². The summed E-state index contributed by atoms with van der Waals surface area (Å²) in [6, 6.07) is 0. The number of ether oxygens (including phenoxy) is 1. The Bertz CT molecular complexity index is 833. The molecule has 0 atom stereocenters. The van der Waals surface area contributed by atoms with Crippen LogP contribution in [0.1, 0.15) is 367 Å². The summed E-state index contributed by atoms with van der Waals surface area (Å²) in [7, 11) is 0. The molecule has 0 saturated carbocycles. The summed E-state index contributed by atoms with van der Waals surface area (Å²) in [5, 5.41) is 0. The molecule has 0 N–H and O–H groups in total. The van der Waals surface area contributed by atoms with E-state index in [1.807, 2.05) is 0 Å². The molecule has 0 aromatic rings. The van der Waals surface area contributed by atoms with Crippen LogP contribution in [0.15, 0.2) is 12.2 Å². The van der Waals surface area contributed by atoms with Crippen molar-refractivity contribution in [3.63, 3.8) is 0 Å². The van der Waals surface area contributed by atoms with Gasteiger partial charge in [0.25, 0.3) is 0 Å². The highest BCUT2D eigenvalue weighted by atomic mass is 16.5. The third-order valence-electron chi connectivity index (χ3n) is 14.2. The van der Waals surface area contributed by atoms with E-state index in [9.17, 15) is 4.79 Å². The number of hydrogen-bond donors (Lipinski definition) is 0. The first kappa shape index (κ1) is 62.2. The number of hydrogen-bond acceptors (Lipinski definition) is 2. The minimum absolute atomic E-state index is 0.0319. The standard InChI is InChI=1S/C61H120O2/c1-3-5-7-9-11-13-15-17-19-21-23-25-26-27-28-29-30-31-32-33-34-35-36-37-38-39-40-41-43-45-47-49-51-53-55-57-59-61(62)63-60-58-56-54-52-50-48-46-44-42-24-22-20-18-16-14-12-10-8-6-4-2/h18,20H,3-17,19,21-60H2,1-2H3/b20-18-. The van der Waals surface area contributed by atoms with E-state index in [1.54, 1.807) is 0 Å². The zero-order valence-electron chi connectivity index (χ0n) is 44.1. The lowest BCUT2D eigenvalue weighted by Crippen LogP contribution is -2.05. The maximum absolute atomic E-state index is 12.1. The van der Waals surface area contributed by atoms with Gasteiger partial charge >= 0.3 is 5.97 Å². The van der Waals surface area contributed by atoms with Crippen LogP contribution in [0.5, 0.6) is 0 Å². The normalized spacial score (nSPS) is 11.7. The van der Waals surface area contributed by atoms with Gasteiger partial charge in [-0.25, -0.2) is 0 Å². The highest BCUT2D eigenvalue weighted by Gasteiger charge is 2.03. The van der Waals surface area contributed by atoms with Gasteiger partial charge in [0.15, 0.2) is 0 Å². The largest absolute Gasteiger partial charge is 0.466 e. The Kier molecular flexibility index (Phi) is 58.5. The van der Waals surface area contributed by atoms with Crippen LogP contribution in [0.4, 0.5) is 0 Å². The zero-order valence-corrected chi connectivity index (χ0v) is 44.1. The van der Waals surface area contributed by atoms with Crippen LogP contribution < -0.4 is 0 Å². The van der Waals surface area contributed by atoms with Gasteiger partial charge in [-0.2, -0.15) is 0 Å². The molecule has 0 aliphatic carbocycles. The van der Waals surface area contributed by atoms with E-state index in [1.165, 1.54) is 334 Å². The third kappa shape index (κ3) is 59.2. The molecule has 0 radical (unpaired) electrons. The average molecular weight is 886 g/mol. The van der Waals surface area contributed by atoms with Crippen molar-refractivity contribution >= 4 is 5.97 Å². The van der Waals surface area contributed by atoms with E-state index in [2.05, 4.69) is 26.0 Å². The molecule has 63 heavy (non-hydrogen) atoms. The van der Waals surface area contributed by atoms with Crippen molar-refractivity contribution in [2.24, 2.45) is 0 Å². The molecule has 0 bridgehead atoms. The average Bonchev–Trinajstić information content (AvgIpc) is 3.29. The predicted octanol–water partition coefficient (Wildman–Crippen LogP) is 22.6. The van der Waals surface area contributed by atoms with Gasteiger partial charge in [-0.15, -0.1) is 0 Å². The van der Waals surface area contributed by atoms with Gasteiger partial charge in [0, 0.05) is 6.42 Å². The molecule has 0 saturated heterocycles. The predicted molar refractivity (Wildman–Crippen MR) is 285 cm³/mol. The Morgan fingerprint density at radius 2 is 0.444 bits per heavy atom. The Balaban J connectivity index is 3.15. The summed E-state index contributed by atoms with van der Waals surface area (Å²) in [6.45, 7) is 5.23. The lowest BCUT2D eigenvalue weighted by molar-refractivity contribution is -0.143. The van der Waals surface area contributed by atoms with E-state index < -0.39 is 0 Å². The van der Waals surface area contributed by atoms with Gasteiger partial charge in [-0.1, -0.05) is 334 Å². The molecule has 0 rings (SSSR count). The van der Waals surface area contributed by atoms with Crippen molar-refractivity contribution in [1.29, 1.82) is 0 Å². The molecule has 0 aliphatic rings. The lowest BCUT2D eigenvalue weighted by atomic mass is 10.0. The number of esters is 1. The molecular weight excluding hydrogens is 765 g/mol. The molecule has 0 fully saturated rings. The monoisotopic (exact) mass is 885 g/mol. The van der Waals surface area contributed by atoms with Gasteiger partial charge in [0.2, 0.25) is 0 Å². The highest BCUT2D eigenvalue weighted by Crippen LogP contribution is 2.18. The Labute approximate surface area is 399 Å². The van der Waals surface area contributed by atoms with Crippen molar-refractivity contribution in [3.05, 3.63) is 12.2 Å². The molecule has 2 nitrogen and oxygen atoms in total. The van der Waals surface area contributed by atoms with Crippen molar-refractivity contribution in [3.8, 4) is 0 Å². The molecule has 0 aliphatic heterocycles. The lowest BCUT2D eigenvalue weighted by Gasteiger charge is -2.06. The van der Waals surface area contributed by atoms with Crippen LogP contribution in [0, 0.1) is 0 Å². The first-order chi connectivity index (χ1) is 31.3. The van der Waals surface area contributed by atoms with Crippen LogP contribution in [0.25, 0.3) is 0 Å². The second-order valence-electron chi connectivity index (χ2n) is 20.7. The van der Waals surface area contributed by atoms with Crippen molar-refractivity contribution in [2.45, 2.75) is 367 Å². The number of allylic oxidation sites excluding steroid dienone is 2. The van der Waals surface area contributed by atoms with Gasteiger partial charge < -0.3 is 4.74 Å². The molecular formula is C61H120O2. The molecule has 0 aromatic carbocycles.